The molecule has 1 aromatic heterocycles. The van der Waals surface area contributed by atoms with Crippen molar-refractivity contribution in [3.8, 4) is 11.8 Å². The van der Waals surface area contributed by atoms with Crippen molar-refractivity contribution in [3.05, 3.63) is 53.2 Å². The van der Waals surface area contributed by atoms with Gasteiger partial charge in [-0.25, -0.2) is 4.98 Å². The van der Waals surface area contributed by atoms with Crippen LogP contribution in [0.1, 0.15) is 35.6 Å². The molecule has 0 unspecified atom stereocenters. The maximum absolute atomic E-state index is 9.14. The van der Waals surface area contributed by atoms with E-state index in [-0.39, 0.29) is 0 Å². The van der Waals surface area contributed by atoms with Crippen molar-refractivity contribution in [2.45, 2.75) is 25.7 Å². The molecule has 0 spiro atoms. The van der Waals surface area contributed by atoms with E-state index in [1.54, 1.807) is 7.11 Å². The van der Waals surface area contributed by atoms with Crippen molar-refractivity contribution in [3.63, 3.8) is 0 Å². The molecular weight excluding hydrogens is 286 g/mol. The maximum Gasteiger partial charge on any atom is 0.145 e. The van der Waals surface area contributed by atoms with Crippen LogP contribution in [0.2, 0.25) is 0 Å². The molecule has 118 valence electrons. The van der Waals surface area contributed by atoms with Crippen LogP contribution in [0.3, 0.4) is 0 Å². The molecule has 23 heavy (non-hydrogen) atoms. The number of aromatic nitrogens is 1. The van der Waals surface area contributed by atoms with Crippen LogP contribution in [0.4, 0.5) is 5.82 Å². The number of piperidine rings is 1. The average Bonchev–Trinajstić information content (AvgIpc) is 2.62. The number of anilines is 1. The summed E-state index contributed by atoms with van der Waals surface area (Å²) in [7, 11) is 1.71. The zero-order valence-electron chi connectivity index (χ0n) is 13.6. The molecule has 1 aliphatic heterocycles. The predicted molar refractivity (Wildman–Crippen MR) is 90.9 cm³/mol. The van der Waals surface area contributed by atoms with Gasteiger partial charge in [0.2, 0.25) is 0 Å². The van der Waals surface area contributed by atoms with Crippen LogP contribution in [-0.4, -0.2) is 25.2 Å². The molecule has 1 aliphatic rings. The lowest BCUT2D eigenvalue weighted by Gasteiger charge is -2.33. The summed E-state index contributed by atoms with van der Waals surface area (Å²) in [5, 5.41) is 9.14. The van der Waals surface area contributed by atoms with Gasteiger partial charge in [-0.3, -0.25) is 0 Å². The molecular formula is C19H21N3O. The summed E-state index contributed by atoms with van der Waals surface area (Å²) < 4.78 is 5.32. The summed E-state index contributed by atoms with van der Waals surface area (Å²) in [6.45, 7) is 3.84. The Morgan fingerprint density at radius 3 is 2.70 bits per heavy atom. The molecule has 0 aliphatic carbocycles. The first-order valence-electron chi connectivity index (χ1n) is 7.98. The van der Waals surface area contributed by atoms with Gasteiger partial charge < -0.3 is 9.64 Å². The highest BCUT2D eigenvalue weighted by molar-refractivity contribution is 5.45. The van der Waals surface area contributed by atoms with E-state index in [4.69, 9.17) is 10.00 Å². The maximum atomic E-state index is 9.14. The topological polar surface area (TPSA) is 49.1 Å². The first-order chi connectivity index (χ1) is 11.2. The molecule has 2 heterocycles. The molecule has 0 saturated carbocycles. The Hall–Kier alpha value is -2.54. The van der Waals surface area contributed by atoms with Gasteiger partial charge in [-0.1, -0.05) is 18.2 Å². The second kappa shape index (κ2) is 6.70. The second-order valence-corrected chi connectivity index (χ2v) is 5.98. The summed E-state index contributed by atoms with van der Waals surface area (Å²) in [5.74, 6) is 2.39. The molecule has 0 radical (unpaired) electrons. The fourth-order valence-corrected chi connectivity index (χ4v) is 3.15. The van der Waals surface area contributed by atoms with Gasteiger partial charge in [0.05, 0.1) is 7.11 Å². The fourth-order valence-electron chi connectivity index (χ4n) is 3.15. The predicted octanol–water partition coefficient (Wildman–Crippen LogP) is 3.65. The minimum atomic E-state index is 0.525. The molecule has 3 rings (SSSR count). The zero-order valence-corrected chi connectivity index (χ0v) is 13.6. The van der Waals surface area contributed by atoms with Gasteiger partial charge in [-0.2, -0.15) is 5.26 Å². The van der Waals surface area contributed by atoms with E-state index in [9.17, 15) is 0 Å². The summed E-state index contributed by atoms with van der Waals surface area (Å²) >= 11 is 0. The Labute approximate surface area is 137 Å². The van der Waals surface area contributed by atoms with Crippen LogP contribution in [0.25, 0.3) is 0 Å². The molecule has 1 fully saturated rings. The van der Waals surface area contributed by atoms with Gasteiger partial charge in [0.25, 0.3) is 0 Å². The summed E-state index contributed by atoms with van der Waals surface area (Å²) in [6.07, 6.45) is 2.18. The molecule has 4 nitrogen and oxygen atoms in total. The van der Waals surface area contributed by atoms with E-state index in [0.717, 1.165) is 43.1 Å². The minimum absolute atomic E-state index is 0.525. The molecule has 0 amide bonds. The van der Waals surface area contributed by atoms with E-state index in [1.165, 1.54) is 5.56 Å². The highest BCUT2D eigenvalue weighted by Crippen LogP contribution is 2.31. The lowest BCUT2D eigenvalue weighted by atomic mass is 9.89. The number of methoxy groups -OCH3 is 1. The third-order valence-corrected chi connectivity index (χ3v) is 4.57. The molecule has 0 N–H and O–H groups in total. The van der Waals surface area contributed by atoms with Crippen molar-refractivity contribution in [1.82, 2.24) is 4.98 Å². The van der Waals surface area contributed by atoms with Gasteiger partial charge >= 0.3 is 0 Å². The lowest BCUT2D eigenvalue weighted by Crippen LogP contribution is -2.33. The summed E-state index contributed by atoms with van der Waals surface area (Å²) in [6, 6.07) is 14.5. The Balaban J connectivity index is 1.70. The van der Waals surface area contributed by atoms with Crippen LogP contribution in [0, 0.1) is 18.3 Å². The first kappa shape index (κ1) is 15.4. The molecule has 4 heteroatoms. The Kier molecular flexibility index (Phi) is 4.47. The number of hydrogen-bond acceptors (Lipinski definition) is 4. The van der Waals surface area contributed by atoms with E-state index in [0.29, 0.717) is 11.6 Å². The van der Waals surface area contributed by atoms with Crippen LogP contribution in [0.5, 0.6) is 5.75 Å². The number of nitrogens with zero attached hydrogens (tertiary/aromatic N) is 3. The number of aryl methyl sites for hydroxylation is 1. The van der Waals surface area contributed by atoms with Crippen LogP contribution in [0.15, 0.2) is 36.4 Å². The number of rotatable bonds is 3. The van der Waals surface area contributed by atoms with Crippen molar-refractivity contribution in [2.24, 2.45) is 0 Å². The first-order valence-corrected chi connectivity index (χ1v) is 7.98. The summed E-state index contributed by atoms with van der Waals surface area (Å²) in [5.41, 5.74) is 2.80. The molecule has 0 bridgehead atoms. The number of hydrogen-bond donors (Lipinski definition) is 0. The molecule has 1 aromatic carbocycles. The fraction of sp³-hybridized carbons (Fsp3) is 0.368. The van der Waals surface area contributed by atoms with Crippen molar-refractivity contribution >= 4 is 5.82 Å². The second-order valence-electron chi connectivity index (χ2n) is 5.98. The highest BCUT2D eigenvalue weighted by Gasteiger charge is 2.22. The van der Waals surface area contributed by atoms with Crippen molar-refractivity contribution in [2.75, 3.05) is 25.1 Å². The average molecular weight is 307 g/mol. The quantitative estimate of drug-likeness (QED) is 0.868. The van der Waals surface area contributed by atoms with Crippen LogP contribution >= 0.6 is 0 Å². The SMILES string of the molecule is COc1cccc(C2CCN(c3ccc(C)c(C#N)n3)CC2)c1. The number of benzene rings is 1. The molecule has 2 aromatic rings. The van der Waals surface area contributed by atoms with Crippen molar-refractivity contribution < 1.29 is 4.74 Å². The van der Waals surface area contributed by atoms with E-state index >= 15 is 0 Å². The van der Waals surface area contributed by atoms with Gasteiger partial charge in [0.1, 0.15) is 23.3 Å². The number of ether oxygens (including phenoxy) is 1. The molecule has 1 saturated heterocycles. The lowest BCUT2D eigenvalue weighted by molar-refractivity contribution is 0.412. The third-order valence-electron chi connectivity index (χ3n) is 4.57. The Morgan fingerprint density at radius 1 is 1.22 bits per heavy atom. The molecule has 0 atom stereocenters. The van der Waals surface area contributed by atoms with Gasteiger partial charge in [0, 0.05) is 13.1 Å². The largest absolute Gasteiger partial charge is 0.497 e. The Bertz CT molecular complexity index is 728. The van der Waals surface area contributed by atoms with Crippen LogP contribution in [-0.2, 0) is 0 Å². The van der Waals surface area contributed by atoms with E-state index in [1.807, 2.05) is 25.1 Å². The monoisotopic (exact) mass is 307 g/mol. The zero-order chi connectivity index (χ0) is 16.2. The van der Waals surface area contributed by atoms with Gasteiger partial charge in [-0.15, -0.1) is 0 Å². The number of nitriles is 1. The van der Waals surface area contributed by atoms with Gasteiger partial charge in [-0.05, 0) is 55.0 Å². The van der Waals surface area contributed by atoms with E-state index < -0.39 is 0 Å². The highest BCUT2D eigenvalue weighted by atomic mass is 16.5. The normalized spacial score (nSPS) is 15.3. The van der Waals surface area contributed by atoms with Gasteiger partial charge in [0.15, 0.2) is 0 Å². The third kappa shape index (κ3) is 3.29. The Morgan fingerprint density at radius 2 is 2.00 bits per heavy atom. The van der Waals surface area contributed by atoms with Crippen LogP contribution < -0.4 is 9.64 Å². The van der Waals surface area contributed by atoms with Crippen molar-refractivity contribution in [1.29, 1.82) is 5.26 Å². The smallest absolute Gasteiger partial charge is 0.145 e. The standard InChI is InChI=1S/C19H21N3O/c1-14-6-7-19(21-18(14)13-20)22-10-8-15(9-11-22)16-4-3-5-17(12-16)23-2/h3-7,12,15H,8-11H2,1-2H3. The summed E-state index contributed by atoms with van der Waals surface area (Å²) in [4.78, 5) is 6.76. The number of pyridine rings is 1. The van der Waals surface area contributed by atoms with E-state index in [2.05, 4.69) is 34.2 Å². The minimum Gasteiger partial charge on any atom is -0.497 e.